The van der Waals surface area contributed by atoms with Crippen molar-refractivity contribution in [3.63, 3.8) is 0 Å². The van der Waals surface area contributed by atoms with Gasteiger partial charge in [-0.25, -0.2) is 9.78 Å². The van der Waals surface area contributed by atoms with Crippen molar-refractivity contribution < 1.29 is 41.7 Å². The number of methoxy groups -OCH3 is 1. The molecule has 11 heteroatoms. The van der Waals surface area contributed by atoms with Gasteiger partial charge < -0.3 is 23.8 Å². The average Bonchev–Trinajstić information content (AvgIpc) is 3.62. The molecule has 2 saturated heterocycles. The third kappa shape index (κ3) is 6.88. The van der Waals surface area contributed by atoms with Gasteiger partial charge in [0.1, 0.15) is 12.1 Å². The van der Waals surface area contributed by atoms with Crippen LogP contribution >= 0.6 is 0 Å². The van der Waals surface area contributed by atoms with Crippen LogP contribution in [0.3, 0.4) is 0 Å². The van der Waals surface area contributed by atoms with Crippen molar-refractivity contribution in [1.82, 2.24) is 9.88 Å². The fraction of sp³-hybridized carbons (Fsp3) is 0.606. The number of carbonyl (C=O) groups excluding carboxylic acids is 2. The van der Waals surface area contributed by atoms with Crippen LogP contribution in [0.1, 0.15) is 88.6 Å². The number of hydrogen-bond acceptors (Lipinski definition) is 7. The van der Waals surface area contributed by atoms with E-state index in [1.54, 1.807) is 11.8 Å². The Hall–Kier alpha value is -3.18. The van der Waals surface area contributed by atoms with Crippen LogP contribution < -0.4 is 4.74 Å². The largest absolute Gasteiger partial charge is 0.481 e. The van der Waals surface area contributed by atoms with Crippen LogP contribution in [0.15, 0.2) is 36.5 Å². The molecule has 1 aromatic heterocycles. The Bertz CT molecular complexity index is 1320. The monoisotopic (exact) mass is 620 g/mol. The van der Waals surface area contributed by atoms with Crippen LogP contribution in [-0.2, 0) is 36.6 Å². The maximum atomic E-state index is 14.4. The van der Waals surface area contributed by atoms with Gasteiger partial charge in [0.25, 0.3) is 5.91 Å². The number of halogens is 3. The minimum atomic E-state index is -4.62. The predicted molar refractivity (Wildman–Crippen MR) is 157 cm³/mol. The number of ether oxygens (including phenoxy) is 4. The molecule has 3 heterocycles. The molecule has 5 atom stereocenters. The number of aromatic nitrogens is 1. The molecule has 0 spiro atoms. The first-order chi connectivity index (χ1) is 20.7. The zero-order valence-corrected chi connectivity index (χ0v) is 26.4. The molecule has 0 unspecified atom stereocenters. The second-order valence-corrected chi connectivity index (χ2v) is 12.7. The van der Waals surface area contributed by atoms with Gasteiger partial charge in [-0.1, -0.05) is 58.9 Å². The summed E-state index contributed by atoms with van der Waals surface area (Å²) >= 11 is 0. The number of rotatable bonds is 9. The summed E-state index contributed by atoms with van der Waals surface area (Å²) in [5.74, 6) is -1.43. The van der Waals surface area contributed by atoms with Crippen molar-refractivity contribution in [1.29, 1.82) is 0 Å². The number of alkyl halides is 3. The average molecular weight is 621 g/mol. The van der Waals surface area contributed by atoms with E-state index >= 15 is 0 Å². The quantitative estimate of drug-likeness (QED) is 0.297. The third-order valence-corrected chi connectivity index (χ3v) is 8.41. The highest BCUT2D eigenvalue weighted by atomic mass is 19.4. The Kier molecular flexibility index (Phi) is 10.3. The Morgan fingerprint density at radius 1 is 1.16 bits per heavy atom. The van der Waals surface area contributed by atoms with Gasteiger partial charge >= 0.3 is 12.1 Å². The van der Waals surface area contributed by atoms with Crippen molar-refractivity contribution in [3.05, 3.63) is 58.8 Å². The molecular formula is C33H43F3N2O6. The molecular weight excluding hydrogens is 577 g/mol. The molecule has 4 rings (SSSR count). The first kappa shape index (κ1) is 33.7. The van der Waals surface area contributed by atoms with Gasteiger partial charge in [0.15, 0.2) is 0 Å². The molecule has 2 fully saturated rings. The SMILES string of the molecule is CCOC(=O)[C@@H]1[C@@H](C(C)(C)C)[C@H](OCc2cc(C(F)(F)F)cnc2OC)[C@H](c2ccccc2C(C)C)N1C(=O)[C@@H]1CCCO1. The van der Waals surface area contributed by atoms with Crippen molar-refractivity contribution in [3.8, 4) is 5.88 Å². The van der Waals surface area contributed by atoms with Crippen molar-refractivity contribution in [2.45, 2.75) is 97.4 Å². The van der Waals surface area contributed by atoms with E-state index < -0.39 is 53.3 Å². The van der Waals surface area contributed by atoms with Crippen LogP contribution in [0, 0.1) is 11.3 Å². The summed E-state index contributed by atoms with van der Waals surface area (Å²) in [7, 11) is 1.33. The molecule has 8 nitrogen and oxygen atoms in total. The van der Waals surface area contributed by atoms with Crippen LogP contribution in [0.5, 0.6) is 5.88 Å². The zero-order chi connectivity index (χ0) is 32.4. The summed E-state index contributed by atoms with van der Waals surface area (Å²) in [6, 6.07) is 6.87. The number of benzene rings is 1. The van der Waals surface area contributed by atoms with Gasteiger partial charge in [-0.3, -0.25) is 4.79 Å². The molecule has 0 aliphatic carbocycles. The maximum Gasteiger partial charge on any atom is 0.417 e. The number of amides is 1. The molecule has 1 aromatic carbocycles. The molecule has 2 aromatic rings. The number of nitrogens with zero attached hydrogens (tertiary/aromatic N) is 2. The lowest BCUT2D eigenvalue weighted by Crippen LogP contribution is -2.50. The van der Waals surface area contributed by atoms with Gasteiger partial charge in [-0.15, -0.1) is 0 Å². The Morgan fingerprint density at radius 3 is 2.43 bits per heavy atom. The number of carbonyl (C=O) groups is 2. The topological polar surface area (TPSA) is 87.2 Å². The van der Waals surface area contributed by atoms with Crippen molar-refractivity contribution >= 4 is 11.9 Å². The molecule has 2 aliphatic heterocycles. The lowest BCUT2D eigenvalue weighted by atomic mass is 9.73. The van der Waals surface area contributed by atoms with Crippen LogP contribution in [0.25, 0.3) is 0 Å². The maximum absolute atomic E-state index is 14.4. The summed E-state index contributed by atoms with van der Waals surface area (Å²) in [6.07, 6.45) is -4.21. The van der Waals surface area contributed by atoms with E-state index in [1.165, 1.54) is 7.11 Å². The second kappa shape index (κ2) is 13.4. The van der Waals surface area contributed by atoms with E-state index in [1.807, 2.05) is 58.9 Å². The van der Waals surface area contributed by atoms with Crippen LogP contribution in [0.2, 0.25) is 0 Å². The highest BCUT2D eigenvalue weighted by Gasteiger charge is 2.60. The summed E-state index contributed by atoms with van der Waals surface area (Å²) < 4.78 is 64.2. The minimum absolute atomic E-state index is 0.00309. The number of esters is 1. The van der Waals surface area contributed by atoms with E-state index in [0.29, 0.717) is 19.4 Å². The molecule has 242 valence electrons. The molecule has 1 amide bonds. The Balaban J connectivity index is 1.91. The molecule has 2 aliphatic rings. The van der Waals surface area contributed by atoms with E-state index in [2.05, 4.69) is 4.98 Å². The summed E-state index contributed by atoms with van der Waals surface area (Å²) in [6.45, 7) is 11.9. The highest BCUT2D eigenvalue weighted by molar-refractivity contribution is 5.89. The predicted octanol–water partition coefficient (Wildman–Crippen LogP) is 6.47. The van der Waals surface area contributed by atoms with E-state index in [9.17, 15) is 22.8 Å². The summed E-state index contributed by atoms with van der Waals surface area (Å²) in [4.78, 5) is 33.7. The summed E-state index contributed by atoms with van der Waals surface area (Å²) in [5, 5.41) is 0. The van der Waals surface area contributed by atoms with E-state index in [4.69, 9.17) is 18.9 Å². The van der Waals surface area contributed by atoms with Gasteiger partial charge in [-0.05, 0) is 48.3 Å². The van der Waals surface area contributed by atoms with Crippen molar-refractivity contribution in [2.75, 3.05) is 20.3 Å². The molecule has 0 radical (unpaired) electrons. The second-order valence-electron chi connectivity index (χ2n) is 12.7. The molecule has 0 bridgehead atoms. The smallest absolute Gasteiger partial charge is 0.417 e. The van der Waals surface area contributed by atoms with Gasteiger partial charge in [0.05, 0.1) is 38.0 Å². The first-order valence-electron chi connectivity index (χ1n) is 15.1. The number of hydrogen-bond donors (Lipinski definition) is 0. The Labute approximate surface area is 257 Å². The third-order valence-electron chi connectivity index (χ3n) is 8.41. The van der Waals surface area contributed by atoms with Crippen molar-refractivity contribution in [2.24, 2.45) is 11.3 Å². The Morgan fingerprint density at radius 2 is 1.86 bits per heavy atom. The fourth-order valence-electron chi connectivity index (χ4n) is 6.50. The molecule has 0 saturated carbocycles. The normalized spacial score (nSPS) is 24.2. The lowest BCUT2D eigenvalue weighted by Gasteiger charge is -2.35. The molecule has 0 N–H and O–H groups in total. The number of likely N-dealkylation sites (tertiary alicyclic amines) is 1. The van der Waals surface area contributed by atoms with Gasteiger partial charge in [0.2, 0.25) is 5.88 Å². The first-order valence-corrected chi connectivity index (χ1v) is 15.1. The summed E-state index contributed by atoms with van der Waals surface area (Å²) in [5.41, 5.74) is 0.328. The highest BCUT2D eigenvalue weighted by Crippen LogP contribution is 2.51. The zero-order valence-electron chi connectivity index (χ0n) is 26.4. The van der Waals surface area contributed by atoms with Gasteiger partial charge in [0, 0.05) is 24.3 Å². The molecule has 44 heavy (non-hydrogen) atoms. The van der Waals surface area contributed by atoms with Gasteiger partial charge in [-0.2, -0.15) is 13.2 Å². The number of pyridine rings is 1. The van der Waals surface area contributed by atoms with Crippen LogP contribution in [0.4, 0.5) is 13.2 Å². The minimum Gasteiger partial charge on any atom is -0.481 e. The fourth-order valence-corrected chi connectivity index (χ4v) is 6.50. The van der Waals surface area contributed by atoms with E-state index in [0.717, 1.165) is 23.4 Å². The standard InChI is InChI=1S/C33H43F3N2O6/c1-8-42-31(40)27-25(32(4,5)6)28(44-18-20-16-21(33(34,35)36)17-37-29(20)41-7)26(23-13-10-9-12-22(23)19(2)3)38(27)30(39)24-14-11-15-43-24/h9-10,12-13,16-17,19,24-28H,8,11,14-15,18H2,1-7H3/t24-,25+,26-,27-,28-/m0/s1. The van der Waals surface area contributed by atoms with E-state index in [-0.39, 0.29) is 36.5 Å². The lowest BCUT2D eigenvalue weighted by molar-refractivity contribution is -0.160. The van der Waals surface area contributed by atoms with Crippen LogP contribution in [-0.4, -0.2) is 60.3 Å².